The van der Waals surface area contributed by atoms with E-state index in [9.17, 15) is 4.79 Å². The van der Waals surface area contributed by atoms with Gasteiger partial charge in [-0.25, -0.2) is 0 Å². The second kappa shape index (κ2) is 4.98. The number of allylic oxidation sites excluding steroid dienone is 4. The maximum Gasteiger partial charge on any atom is 0.177 e. The first-order valence-electron chi connectivity index (χ1n) is 3.51. The lowest BCUT2D eigenvalue weighted by Crippen LogP contribution is -1.86. The van der Waals surface area contributed by atoms with Crippen LogP contribution in [0.5, 0.6) is 0 Å². The molecule has 0 bridgehead atoms. The van der Waals surface area contributed by atoms with Crippen molar-refractivity contribution in [3.05, 3.63) is 24.3 Å². The fourth-order valence-corrected chi connectivity index (χ4v) is 0.507. The van der Waals surface area contributed by atoms with Gasteiger partial charge in [-0.3, -0.25) is 4.79 Å². The summed E-state index contributed by atoms with van der Waals surface area (Å²) in [6.07, 6.45) is 6.79. The van der Waals surface area contributed by atoms with Crippen LogP contribution in [0, 0.1) is 5.92 Å². The summed E-state index contributed by atoms with van der Waals surface area (Å²) in [7, 11) is 0. The summed E-state index contributed by atoms with van der Waals surface area (Å²) in [6.45, 7) is 5.92. The SMILES string of the molecule is C/C=C\C(=O)/C=C\C(C)C. The van der Waals surface area contributed by atoms with Crippen LogP contribution in [0.3, 0.4) is 0 Å². The van der Waals surface area contributed by atoms with Crippen molar-refractivity contribution < 1.29 is 4.79 Å². The van der Waals surface area contributed by atoms with Crippen molar-refractivity contribution in [1.29, 1.82) is 0 Å². The number of ketones is 1. The van der Waals surface area contributed by atoms with Crippen molar-refractivity contribution >= 4 is 5.78 Å². The van der Waals surface area contributed by atoms with E-state index in [0.717, 1.165) is 0 Å². The molecule has 0 unspecified atom stereocenters. The van der Waals surface area contributed by atoms with Crippen LogP contribution in [0.1, 0.15) is 20.8 Å². The van der Waals surface area contributed by atoms with Crippen LogP contribution in [0.4, 0.5) is 0 Å². The minimum absolute atomic E-state index is 0.0659. The third-order valence-corrected chi connectivity index (χ3v) is 0.976. The summed E-state index contributed by atoms with van der Waals surface area (Å²) >= 11 is 0. The molecule has 0 rings (SSSR count). The first kappa shape index (κ1) is 9.15. The summed E-state index contributed by atoms with van der Waals surface area (Å²) in [5.74, 6) is 0.519. The Labute approximate surface area is 62.4 Å². The van der Waals surface area contributed by atoms with Gasteiger partial charge < -0.3 is 0 Å². The Bertz CT molecular complexity index is 152. The van der Waals surface area contributed by atoms with Gasteiger partial charge in [0.1, 0.15) is 0 Å². The third-order valence-electron chi connectivity index (χ3n) is 0.976. The third kappa shape index (κ3) is 5.29. The van der Waals surface area contributed by atoms with Gasteiger partial charge in [-0.05, 0) is 25.0 Å². The molecule has 0 saturated carbocycles. The van der Waals surface area contributed by atoms with E-state index in [0.29, 0.717) is 5.92 Å². The van der Waals surface area contributed by atoms with Gasteiger partial charge in [0.25, 0.3) is 0 Å². The zero-order valence-corrected chi connectivity index (χ0v) is 6.79. The Morgan fingerprint density at radius 3 is 2.30 bits per heavy atom. The summed E-state index contributed by atoms with van der Waals surface area (Å²) in [5, 5.41) is 0. The molecule has 0 aromatic carbocycles. The van der Waals surface area contributed by atoms with Crippen LogP contribution in [0.25, 0.3) is 0 Å². The molecule has 0 saturated heterocycles. The number of hydrogen-bond donors (Lipinski definition) is 0. The maximum atomic E-state index is 10.8. The van der Waals surface area contributed by atoms with Crippen molar-refractivity contribution in [1.82, 2.24) is 0 Å². The average Bonchev–Trinajstić information content (AvgIpc) is 1.85. The lowest BCUT2D eigenvalue weighted by Gasteiger charge is -1.89. The number of hydrogen-bond acceptors (Lipinski definition) is 1. The molecule has 0 aliphatic rings. The van der Waals surface area contributed by atoms with Crippen molar-refractivity contribution in [2.45, 2.75) is 20.8 Å². The van der Waals surface area contributed by atoms with E-state index in [1.807, 2.05) is 26.8 Å². The fraction of sp³-hybridized carbons (Fsp3) is 0.444. The first-order chi connectivity index (χ1) is 4.66. The van der Waals surface area contributed by atoms with Gasteiger partial charge in [0.2, 0.25) is 0 Å². The highest BCUT2D eigenvalue weighted by Crippen LogP contribution is 1.93. The lowest BCUT2D eigenvalue weighted by molar-refractivity contribution is -0.110. The molecule has 1 nitrogen and oxygen atoms in total. The second-order valence-corrected chi connectivity index (χ2v) is 2.51. The Balaban J connectivity index is 3.78. The fourth-order valence-electron chi connectivity index (χ4n) is 0.507. The topological polar surface area (TPSA) is 17.1 Å². The summed E-state index contributed by atoms with van der Waals surface area (Å²) in [6, 6.07) is 0. The van der Waals surface area contributed by atoms with E-state index >= 15 is 0 Å². The minimum atomic E-state index is 0.0659. The number of carbonyl (C=O) groups is 1. The molecule has 0 fully saturated rings. The predicted molar refractivity (Wildman–Crippen MR) is 43.8 cm³/mol. The largest absolute Gasteiger partial charge is 0.290 e. The van der Waals surface area contributed by atoms with Crippen LogP contribution >= 0.6 is 0 Å². The molecular formula is C9H14O. The standard InChI is InChI=1S/C9H14O/c1-4-5-9(10)7-6-8(2)3/h4-8H,1-3H3/b5-4-,7-6-. The van der Waals surface area contributed by atoms with E-state index in [2.05, 4.69) is 0 Å². The van der Waals surface area contributed by atoms with Gasteiger partial charge in [0, 0.05) is 0 Å². The van der Waals surface area contributed by atoms with E-state index in [4.69, 9.17) is 0 Å². The molecule has 0 aromatic rings. The highest BCUT2D eigenvalue weighted by atomic mass is 16.1. The minimum Gasteiger partial charge on any atom is -0.290 e. The summed E-state index contributed by atoms with van der Waals surface area (Å²) in [4.78, 5) is 10.8. The van der Waals surface area contributed by atoms with Crippen LogP contribution < -0.4 is 0 Å². The molecule has 0 heterocycles. The van der Waals surface area contributed by atoms with Crippen molar-refractivity contribution in [3.63, 3.8) is 0 Å². The molecule has 56 valence electrons. The van der Waals surface area contributed by atoms with Gasteiger partial charge in [-0.15, -0.1) is 0 Å². The summed E-state index contributed by atoms with van der Waals surface area (Å²) in [5.41, 5.74) is 0. The molecule has 0 amide bonds. The smallest absolute Gasteiger partial charge is 0.177 e. The lowest BCUT2D eigenvalue weighted by atomic mass is 10.2. The van der Waals surface area contributed by atoms with Gasteiger partial charge >= 0.3 is 0 Å². The Kier molecular flexibility index (Phi) is 4.55. The molecule has 0 N–H and O–H groups in total. The molecule has 1 heteroatoms. The molecule has 0 aliphatic carbocycles. The van der Waals surface area contributed by atoms with E-state index < -0.39 is 0 Å². The Hall–Kier alpha value is -0.850. The van der Waals surface area contributed by atoms with E-state index in [1.165, 1.54) is 0 Å². The Morgan fingerprint density at radius 1 is 1.30 bits per heavy atom. The maximum absolute atomic E-state index is 10.8. The van der Waals surface area contributed by atoms with Crippen molar-refractivity contribution in [2.75, 3.05) is 0 Å². The van der Waals surface area contributed by atoms with Crippen molar-refractivity contribution in [2.24, 2.45) is 5.92 Å². The molecule has 0 aliphatic heterocycles. The predicted octanol–water partition coefficient (Wildman–Crippen LogP) is 2.34. The second-order valence-electron chi connectivity index (χ2n) is 2.51. The van der Waals surface area contributed by atoms with Gasteiger partial charge in [0.05, 0.1) is 0 Å². The van der Waals surface area contributed by atoms with Crippen molar-refractivity contribution in [3.8, 4) is 0 Å². The summed E-state index contributed by atoms with van der Waals surface area (Å²) < 4.78 is 0. The first-order valence-corrected chi connectivity index (χ1v) is 3.51. The van der Waals surface area contributed by atoms with Crippen LogP contribution in [-0.2, 0) is 4.79 Å². The van der Waals surface area contributed by atoms with Crippen LogP contribution in [0.2, 0.25) is 0 Å². The highest BCUT2D eigenvalue weighted by Gasteiger charge is 1.87. The quantitative estimate of drug-likeness (QED) is 0.547. The van der Waals surface area contributed by atoms with Crippen LogP contribution in [0.15, 0.2) is 24.3 Å². The molecule has 0 spiro atoms. The van der Waals surface area contributed by atoms with Gasteiger partial charge in [0.15, 0.2) is 5.78 Å². The zero-order chi connectivity index (χ0) is 7.98. The number of rotatable bonds is 3. The average molecular weight is 138 g/mol. The molecular weight excluding hydrogens is 124 g/mol. The Morgan fingerprint density at radius 2 is 1.90 bits per heavy atom. The van der Waals surface area contributed by atoms with Crippen LogP contribution in [-0.4, -0.2) is 5.78 Å². The molecule has 0 radical (unpaired) electrons. The number of carbonyl (C=O) groups excluding carboxylic acids is 1. The van der Waals surface area contributed by atoms with Gasteiger partial charge in [-0.1, -0.05) is 26.0 Å². The molecule has 0 atom stereocenters. The molecule has 0 aromatic heterocycles. The molecule has 10 heavy (non-hydrogen) atoms. The van der Waals surface area contributed by atoms with Gasteiger partial charge in [-0.2, -0.15) is 0 Å². The highest BCUT2D eigenvalue weighted by molar-refractivity contribution is 5.99. The van der Waals surface area contributed by atoms with E-state index in [1.54, 1.807) is 18.2 Å². The monoisotopic (exact) mass is 138 g/mol. The normalized spacial score (nSPS) is 12.0. The zero-order valence-electron chi connectivity index (χ0n) is 6.79. The van der Waals surface area contributed by atoms with E-state index in [-0.39, 0.29) is 5.78 Å².